The number of rotatable bonds is 12. The molecule has 0 unspecified atom stereocenters. The maximum Gasteiger partial charge on any atom is 0.303 e. The molecular formula is C21H34O5. The van der Waals surface area contributed by atoms with Gasteiger partial charge in [0, 0.05) is 24.7 Å². The summed E-state index contributed by atoms with van der Waals surface area (Å²) in [5.74, 6) is -1.33. The van der Waals surface area contributed by atoms with E-state index in [4.69, 9.17) is 5.11 Å². The van der Waals surface area contributed by atoms with Crippen LogP contribution in [0, 0.1) is 11.8 Å². The van der Waals surface area contributed by atoms with Crippen molar-refractivity contribution in [3.05, 3.63) is 24.3 Å². The van der Waals surface area contributed by atoms with E-state index in [-0.39, 0.29) is 30.5 Å². The summed E-state index contributed by atoms with van der Waals surface area (Å²) in [6.07, 6.45) is 12.6. The van der Waals surface area contributed by atoms with Gasteiger partial charge in [-0.2, -0.15) is 0 Å². The third-order valence-corrected chi connectivity index (χ3v) is 5.02. The summed E-state index contributed by atoms with van der Waals surface area (Å²) >= 11 is 0. The molecule has 1 saturated carbocycles. The van der Waals surface area contributed by atoms with E-state index in [1.54, 1.807) is 19.1 Å². The van der Waals surface area contributed by atoms with Crippen LogP contribution >= 0.6 is 0 Å². The molecule has 1 aliphatic rings. The summed E-state index contributed by atoms with van der Waals surface area (Å²) in [5.41, 5.74) is -0.930. The van der Waals surface area contributed by atoms with Crippen molar-refractivity contribution in [2.45, 2.75) is 83.3 Å². The molecule has 4 atom stereocenters. The maximum absolute atomic E-state index is 12.2. The zero-order valence-corrected chi connectivity index (χ0v) is 16.1. The fourth-order valence-corrected chi connectivity index (χ4v) is 3.39. The normalized spacial score (nSPS) is 26.0. The number of Topliss-reactive ketones (excluding diaryl/α,β-unsaturated/α-hetero) is 1. The molecule has 0 spiro atoms. The minimum absolute atomic E-state index is 0.0161. The molecule has 148 valence electrons. The molecule has 3 N–H and O–H groups in total. The number of aliphatic carboxylic acids is 1. The van der Waals surface area contributed by atoms with Crippen LogP contribution in [0.4, 0.5) is 0 Å². The highest BCUT2D eigenvalue weighted by molar-refractivity contribution is 5.86. The van der Waals surface area contributed by atoms with Crippen molar-refractivity contribution in [3.8, 4) is 0 Å². The number of hydrogen-bond donors (Lipinski definition) is 3. The number of unbranched alkanes of at least 4 members (excludes halogenated alkanes) is 3. The van der Waals surface area contributed by atoms with E-state index in [1.807, 2.05) is 12.2 Å². The van der Waals surface area contributed by atoms with Gasteiger partial charge in [-0.3, -0.25) is 9.59 Å². The molecule has 0 aromatic heterocycles. The van der Waals surface area contributed by atoms with Gasteiger partial charge in [0.25, 0.3) is 0 Å². The SMILES string of the molecule is CCCCC[C@@](C)(O)/C=C\[C@H]1C(=O)C[C@H](O)[C@@H]1C/C=C/CCCC(=O)O. The predicted octanol–water partition coefficient (Wildman–Crippen LogP) is 3.64. The summed E-state index contributed by atoms with van der Waals surface area (Å²) in [6, 6.07) is 0. The molecule has 0 aromatic carbocycles. The van der Waals surface area contributed by atoms with Gasteiger partial charge in [-0.1, -0.05) is 50.5 Å². The Kier molecular flexibility index (Phi) is 9.81. The molecule has 0 saturated heterocycles. The van der Waals surface area contributed by atoms with Crippen LogP contribution in [-0.2, 0) is 9.59 Å². The van der Waals surface area contributed by atoms with Gasteiger partial charge in [0.15, 0.2) is 0 Å². The van der Waals surface area contributed by atoms with Crippen LogP contribution < -0.4 is 0 Å². The van der Waals surface area contributed by atoms with Crippen LogP contribution in [0.25, 0.3) is 0 Å². The molecule has 5 nitrogen and oxygen atoms in total. The van der Waals surface area contributed by atoms with Gasteiger partial charge >= 0.3 is 5.97 Å². The first-order valence-corrected chi connectivity index (χ1v) is 9.76. The minimum atomic E-state index is -0.930. The lowest BCUT2D eigenvalue weighted by molar-refractivity contribution is -0.137. The van der Waals surface area contributed by atoms with Gasteiger partial charge in [0.2, 0.25) is 0 Å². The van der Waals surface area contributed by atoms with Gasteiger partial charge in [-0.15, -0.1) is 0 Å². The Morgan fingerprint density at radius 1 is 1.27 bits per heavy atom. The number of allylic oxidation sites excluding steroid dienone is 3. The Hall–Kier alpha value is -1.46. The molecule has 1 fully saturated rings. The van der Waals surface area contributed by atoms with E-state index in [9.17, 15) is 19.8 Å². The fraction of sp³-hybridized carbons (Fsp3) is 0.714. The van der Waals surface area contributed by atoms with Gasteiger partial charge in [-0.05, 0) is 32.6 Å². The maximum atomic E-state index is 12.2. The molecule has 5 heteroatoms. The highest BCUT2D eigenvalue weighted by atomic mass is 16.4. The number of hydrogen-bond acceptors (Lipinski definition) is 4. The zero-order valence-electron chi connectivity index (χ0n) is 16.1. The van der Waals surface area contributed by atoms with Crippen molar-refractivity contribution in [1.82, 2.24) is 0 Å². The van der Waals surface area contributed by atoms with Crippen molar-refractivity contribution >= 4 is 11.8 Å². The van der Waals surface area contributed by atoms with Gasteiger partial charge in [0.1, 0.15) is 5.78 Å². The molecule has 0 radical (unpaired) electrons. The molecule has 0 amide bonds. The lowest BCUT2D eigenvalue weighted by atomic mass is 9.88. The van der Waals surface area contributed by atoms with E-state index in [0.717, 1.165) is 19.3 Å². The average Bonchev–Trinajstić information content (AvgIpc) is 2.82. The van der Waals surface area contributed by atoms with Crippen LogP contribution in [-0.4, -0.2) is 38.8 Å². The number of carbonyl (C=O) groups excluding carboxylic acids is 1. The molecule has 26 heavy (non-hydrogen) atoms. The molecule has 0 aromatic rings. The number of carbonyl (C=O) groups is 2. The molecule has 0 heterocycles. The largest absolute Gasteiger partial charge is 0.481 e. The third kappa shape index (κ3) is 8.28. The molecule has 0 bridgehead atoms. The second-order valence-electron chi connectivity index (χ2n) is 7.59. The second kappa shape index (κ2) is 11.3. The van der Waals surface area contributed by atoms with E-state index in [0.29, 0.717) is 25.7 Å². The predicted molar refractivity (Wildman–Crippen MR) is 102 cm³/mol. The van der Waals surface area contributed by atoms with Crippen LogP contribution in [0.2, 0.25) is 0 Å². The molecule has 0 aliphatic heterocycles. The quantitative estimate of drug-likeness (QED) is 0.362. The topological polar surface area (TPSA) is 94.8 Å². The summed E-state index contributed by atoms with van der Waals surface area (Å²) in [5, 5.41) is 29.2. The van der Waals surface area contributed by atoms with Crippen LogP contribution in [0.15, 0.2) is 24.3 Å². The Balaban J connectivity index is 2.58. The average molecular weight is 366 g/mol. The van der Waals surface area contributed by atoms with Crippen LogP contribution in [0.5, 0.6) is 0 Å². The smallest absolute Gasteiger partial charge is 0.303 e. The third-order valence-electron chi connectivity index (χ3n) is 5.02. The Morgan fingerprint density at radius 3 is 2.65 bits per heavy atom. The summed E-state index contributed by atoms with van der Waals surface area (Å²) in [7, 11) is 0. The number of ketones is 1. The summed E-state index contributed by atoms with van der Waals surface area (Å²) in [6.45, 7) is 3.87. The van der Waals surface area contributed by atoms with E-state index < -0.39 is 17.7 Å². The monoisotopic (exact) mass is 366 g/mol. The van der Waals surface area contributed by atoms with Crippen molar-refractivity contribution in [2.24, 2.45) is 11.8 Å². The number of carboxylic acids is 1. The Bertz CT molecular complexity index is 507. The molecule has 1 rings (SSSR count). The second-order valence-corrected chi connectivity index (χ2v) is 7.59. The van der Waals surface area contributed by atoms with E-state index in [2.05, 4.69) is 6.92 Å². The lowest BCUT2D eigenvalue weighted by Crippen LogP contribution is -2.23. The van der Waals surface area contributed by atoms with Crippen molar-refractivity contribution in [3.63, 3.8) is 0 Å². The van der Waals surface area contributed by atoms with Gasteiger partial charge < -0.3 is 15.3 Å². The van der Waals surface area contributed by atoms with Crippen molar-refractivity contribution in [1.29, 1.82) is 0 Å². The first-order valence-electron chi connectivity index (χ1n) is 9.76. The number of carboxylic acid groups (broad SMARTS) is 1. The first-order chi connectivity index (χ1) is 12.3. The highest BCUT2D eigenvalue weighted by Crippen LogP contribution is 2.34. The van der Waals surface area contributed by atoms with Crippen LogP contribution in [0.1, 0.15) is 71.6 Å². The van der Waals surface area contributed by atoms with E-state index in [1.165, 1.54) is 0 Å². The Morgan fingerprint density at radius 2 is 2.00 bits per heavy atom. The zero-order chi connectivity index (χ0) is 19.6. The molecular weight excluding hydrogens is 332 g/mol. The summed E-state index contributed by atoms with van der Waals surface area (Å²) < 4.78 is 0. The van der Waals surface area contributed by atoms with Gasteiger partial charge in [-0.25, -0.2) is 0 Å². The summed E-state index contributed by atoms with van der Waals surface area (Å²) in [4.78, 5) is 22.7. The van der Waals surface area contributed by atoms with Crippen molar-refractivity contribution in [2.75, 3.05) is 0 Å². The number of aliphatic hydroxyl groups is 2. The lowest BCUT2D eigenvalue weighted by Gasteiger charge is -2.21. The fourth-order valence-electron chi connectivity index (χ4n) is 3.39. The van der Waals surface area contributed by atoms with E-state index >= 15 is 0 Å². The highest BCUT2D eigenvalue weighted by Gasteiger charge is 2.39. The van der Waals surface area contributed by atoms with Crippen molar-refractivity contribution < 1.29 is 24.9 Å². The standard InChI is InChI=1S/C21H34O5/c1-3-4-9-13-21(2,26)14-12-17-16(18(22)15-19(17)23)10-7-5-6-8-11-20(24)25/h5,7,12,14,16-18,22,26H,3-4,6,8-11,13,15H2,1-2H3,(H,24,25)/b7-5+,14-12-/t16-,17-,18+,21-/m1/s1. The number of aliphatic hydroxyl groups excluding tert-OH is 1. The minimum Gasteiger partial charge on any atom is -0.481 e. The van der Waals surface area contributed by atoms with Gasteiger partial charge in [0.05, 0.1) is 11.7 Å². The Labute approximate surface area is 156 Å². The molecule has 1 aliphatic carbocycles. The first kappa shape index (κ1) is 22.6. The van der Waals surface area contributed by atoms with Crippen LogP contribution in [0.3, 0.4) is 0 Å².